The standard InChI is InChI=1S/C13H17BrFNO4S/c1-8-5-16(6-9(2)20-8)21(18,19)12-4-11(14)3-10(7-17)13(12)15/h3-4,8-9,17H,5-7H2,1-2H3. The van der Waals surface area contributed by atoms with Crippen molar-refractivity contribution in [3.05, 3.63) is 28.0 Å². The average molecular weight is 382 g/mol. The molecular formula is C13H17BrFNO4S. The molecule has 1 aliphatic heterocycles. The highest BCUT2D eigenvalue weighted by Crippen LogP contribution is 2.28. The van der Waals surface area contributed by atoms with Gasteiger partial charge in [0.15, 0.2) is 0 Å². The summed E-state index contributed by atoms with van der Waals surface area (Å²) in [7, 11) is -3.98. The summed E-state index contributed by atoms with van der Waals surface area (Å²) < 4.78 is 46.7. The first-order valence-corrected chi connectivity index (χ1v) is 8.73. The summed E-state index contributed by atoms with van der Waals surface area (Å²) in [5.41, 5.74) is -0.0580. The average Bonchev–Trinajstić information content (AvgIpc) is 2.39. The van der Waals surface area contributed by atoms with Crippen LogP contribution >= 0.6 is 15.9 Å². The van der Waals surface area contributed by atoms with Crippen LogP contribution in [0, 0.1) is 5.82 Å². The Morgan fingerprint density at radius 1 is 1.38 bits per heavy atom. The lowest BCUT2D eigenvalue weighted by molar-refractivity contribution is -0.0441. The maximum absolute atomic E-state index is 14.3. The summed E-state index contributed by atoms with van der Waals surface area (Å²) in [6.07, 6.45) is -0.507. The van der Waals surface area contributed by atoms with Gasteiger partial charge in [0.1, 0.15) is 10.7 Å². The van der Waals surface area contributed by atoms with Gasteiger partial charge in [-0.2, -0.15) is 4.31 Å². The molecular weight excluding hydrogens is 365 g/mol. The number of halogens is 2. The highest BCUT2D eigenvalue weighted by atomic mass is 79.9. The third-order valence-corrected chi connectivity index (χ3v) is 5.54. The number of sulfonamides is 1. The molecule has 0 saturated carbocycles. The molecule has 1 aromatic carbocycles. The van der Waals surface area contributed by atoms with E-state index in [2.05, 4.69) is 15.9 Å². The molecule has 21 heavy (non-hydrogen) atoms. The van der Waals surface area contributed by atoms with E-state index in [4.69, 9.17) is 9.84 Å². The van der Waals surface area contributed by atoms with Crippen LogP contribution in [-0.2, 0) is 21.4 Å². The Bertz CT molecular complexity index is 627. The zero-order valence-corrected chi connectivity index (χ0v) is 14.1. The third kappa shape index (κ3) is 3.45. The molecule has 5 nitrogen and oxygen atoms in total. The topological polar surface area (TPSA) is 66.8 Å². The Labute approximate surface area is 131 Å². The van der Waals surface area contributed by atoms with E-state index in [9.17, 15) is 12.8 Å². The van der Waals surface area contributed by atoms with Gasteiger partial charge in [-0.3, -0.25) is 0 Å². The Kier molecular flexibility index (Phi) is 5.04. The predicted molar refractivity (Wildman–Crippen MR) is 78.8 cm³/mol. The molecule has 8 heteroatoms. The highest BCUT2D eigenvalue weighted by Gasteiger charge is 2.34. The second-order valence-electron chi connectivity index (χ2n) is 5.11. The van der Waals surface area contributed by atoms with Gasteiger partial charge in [0, 0.05) is 23.1 Å². The Balaban J connectivity index is 2.47. The summed E-state index contributed by atoms with van der Waals surface area (Å²) in [4.78, 5) is -0.428. The second-order valence-corrected chi connectivity index (χ2v) is 7.94. The van der Waals surface area contributed by atoms with Gasteiger partial charge >= 0.3 is 0 Å². The fraction of sp³-hybridized carbons (Fsp3) is 0.538. The number of aliphatic hydroxyl groups excluding tert-OH is 1. The van der Waals surface area contributed by atoms with Crippen molar-refractivity contribution in [2.24, 2.45) is 0 Å². The molecule has 0 spiro atoms. The summed E-state index contributed by atoms with van der Waals surface area (Å²) in [5, 5.41) is 9.14. The van der Waals surface area contributed by atoms with E-state index in [0.717, 1.165) is 0 Å². The lowest BCUT2D eigenvalue weighted by Crippen LogP contribution is -2.48. The van der Waals surface area contributed by atoms with E-state index in [1.807, 2.05) is 0 Å². The van der Waals surface area contributed by atoms with Gasteiger partial charge in [-0.1, -0.05) is 15.9 Å². The number of ether oxygens (including phenoxy) is 1. The molecule has 1 heterocycles. The number of aliphatic hydroxyl groups is 1. The molecule has 1 aliphatic rings. The van der Waals surface area contributed by atoms with E-state index < -0.39 is 27.3 Å². The van der Waals surface area contributed by atoms with Crippen LogP contribution in [0.1, 0.15) is 19.4 Å². The van der Waals surface area contributed by atoms with Crippen molar-refractivity contribution < 1.29 is 22.7 Å². The Morgan fingerprint density at radius 2 is 1.95 bits per heavy atom. The van der Waals surface area contributed by atoms with Gasteiger partial charge in [0.25, 0.3) is 0 Å². The Morgan fingerprint density at radius 3 is 2.48 bits per heavy atom. The van der Waals surface area contributed by atoms with E-state index in [1.54, 1.807) is 13.8 Å². The fourth-order valence-corrected chi connectivity index (χ4v) is 4.77. The van der Waals surface area contributed by atoms with Crippen molar-refractivity contribution in [1.82, 2.24) is 4.31 Å². The summed E-state index contributed by atoms with van der Waals surface area (Å²) in [6.45, 7) is 3.33. The van der Waals surface area contributed by atoms with Crippen molar-refractivity contribution in [1.29, 1.82) is 0 Å². The first-order valence-electron chi connectivity index (χ1n) is 6.50. The predicted octanol–water partition coefficient (Wildman–Crippen LogP) is 1.88. The lowest BCUT2D eigenvalue weighted by atomic mass is 10.2. The van der Waals surface area contributed by atoms with E-state index in [0.29, 0.717) is 4.47 Å². The minimum absolute atomic E-state index is 0.0580. The largest absolute Gasteiger partial charge is 0.392 e. The minimum Gasteiger partial charge on any atom is -0.392 e. The molecule has 1 aromatic rings. The lowest BCUT2D eigenvalue weighted by Gasteiger charge is -2.34. The first kappa shape index (κ1) is 16.8. The van der Waals surface area contributed by atoms with E-state index >= 15 is 0 Å². The molecule has 0 aliphatic carbocycles. The molecule has 2 rings (SSSR count). The third-order valence-electron chi connectivity index (χ3n) is 3.25. The minimum atomic E-state index is -3.98. The number of benzene rings is 1. The zero-order valence-electron chi connectivity index (χ0n) is 11.7. The van der Waals surface area contributed by atoms with Crippen molar-refractivity contribution in [2.45, 2.75) is 37.6 Å². The van der Waals surface area contributed by atoms with Gasteiger partial charge in [-0.05, 0) is 26.0 Å². The van der Waals surface area contributed by atoms with Gasteiger partial charge in [-0.15, -0.1) is 0 Å². The second kappa shape index (κ2) is 6.29. The number of hydrogen-bond donors (Lipinski definition) is 1. The van der Waals surface area contributed by atoms with Crippen LogP contribution in [0.5, 0.6) is 0 Å². The molecule has 1 fully saturated rings. The zero-order chi connectivity index (χ0) is 15.8. The molecule has 1 saturated heterocycles. The van der Waals surface area contributed by atoms with Gasteiger partial charge in [0.05, 0.1) is 18.8 Å². The molecule has 0 bridgehead atoms. The number of hydrogen-bond acceptors (Lipinski definition) is 4. The van der Waals surface area contributed by atoms with Crippen LogP contribution in [0.4, 0.5) is 4.39 Å². The summed E-state index contributed by atoms with van der Waals surface area (Å²) in [5.74, 6) is -0.910. The van der Waals surface area contributed by atoms with Crippen LogP contribution in [0.15, 0.2) is 21.5 Å². The van der Waals surface area contributed by atoms with Crippen LogP contribution in [0.3, 0.4) is 0 Å². The van der Waals surface area contributed by atoms with Gasteiger partial charge < -0.3 is 9.84 Å². The molecule has 0 aromatic heterocycles. The smallest absolute Gasteiger partial charge is 0.246 e. The van der Waals surface area contributed by atoms with Crippen LogP contribution in [0.25, 0.3) is 0 Å². The quantitative estimate of drug-likeness (QED) is 0.867. The SMILES string of the molecule is CC1CN(S(=O)(=O)c2cc(Br)cc(CO)c2F)CC(C)O1. The van der Waals surface area contributed by atoms with Gasteiger partial charge in [0.2, 0.25) is 10.0 Å². The molecule has 0 radical (unpaired) electrons. The fourth-order valence-electron chi connectivity index (χ4n) is 2.39. The number of nitrogens with zero attached hydrogens (tertiary/aromatic N) is 1. The molecule has 118 valence electrons. The molecule has 2 atom stereocenters. The van der Waals surface area contributed by atoms with Crippen molar-refractivity contribution in [3.8, 4) is 0 Å². The summed E-state index contributed by atoms with van der Waals surface area (Å²) in [6, 6.07) is 2.58. The van der Waals surface area contributed by atoms with Crippen molar-refractivity contribution >= 4 is 26.0 Å². The van der Waals surface area contributed by atoms with Crippen LogP contribution in [0.2, 0.25) is 0 Å². The van der Waals surface area contributed by atoms with E-state index in [1.165, 1.54) is 16.4 Å². The van der Waals surface area contributed by atoms with Crippen LogP contribution in [-0.4, -0.2) is 43.1 Å². The maximum atomic E-state index is 14.3. The van der Waals surface area contributed by atoms with Crippen molar-refractivity contribution in [2.75, 3.05) is 13.1 Å². The molecule has 2 unspecified atom stereocenters. The Hall–Kier alpha value is -0.540. The summed E-state index contributed by atoms with van der Waals surface area (Å²) >= 11 is 3.14. The first-order chi connectivity index (χ1) is 9.75. The molecule has 0 amide bonds. The molecule has 1 N–H and O–H groups in total. The number of morpholine rings is 1. The van der Waals surface area contributed by atoms with Crippen LogP contribution < -0.4 is 0 Å². The van der Waals surface area contributed by atoms with E-state index in [-0.39, 0.29) is 30.9 Å². The normalized spacial score (nSPS) is 24.2. The monoisotopic (exact) mass is 381 g/mol. The maximum Gasteiger partial charge on any atom is 0.246 e. The van der Waals surface area contributed by atoms with Gasteiger partial charge in [-0.25, -0.2) is 12.8 Å². The highest BCUT2D eigenvalue weighted by molar-refractivity contribution is 9.10. The van der Waals surface area contributed by atoms with Crippen molar-refractivity contribution in [3.63, 3.8) is 0 Å². The number of rotatable bonds is 3.